The van der Waals surface area contributed by atoms with Crippen molar-refractivity contribution in [2.45, 2.75) is 32.2 Å². The van der Waals surface area contributed by atoms with E-state index in [9.17, 15) is 14.4 Å². The number of ether oxygens (including phenoxy) is 4. The molecule has 0 aromatic rings. The van der Waals surface area contributed by atoms with Crippen molar-refractivity contribution >= 4 is 18.0 Å². The molecule has 1 heterocycles. The maximum Gasteiger partial charge on any atom is 0.416 e. The molecule has 0 spiro atoms. The highest BCUT2D eigenvalue weighted by Crippen LogP contribution is 2.48. The Hall–Kier alpha value is -1.67. The molecule has 2 amide bonds. The molecule has 2 rings (SSSR count). The van der Waals surface area contributed by atoms with Crippen LogP contribution < -0.4 is 0 Å². The van der Waals surface area contributed by atoms with Crippen molar-refractivity contribution < 1.29 is 33.3 Å². The summed E-state index contributed by atoms with van der Waals surface area (Å²) in [6.07, 6.45) is -0.806. The molecule has 0 N–H and O–H groups in total. The third-order valence-corrected chi connectivity index (χ3v) is 4.02. The lowest BCUT2D eigenvalue weighted by atomic mass is 9.66. The van der Waals surface area contributed by atoms with E-state index in [2.05, 4.69) is 0 Å². The number of amides is 2. The molecular weight excluding hydrogens is 294 g/mol. The smallest absolute Gasteiger partial charge is 0.416 e. The van der Waals surface area contributed by atoms with Crippen molar-refractivity contribution in [3.8, 4) is 0 Å². The lowest BCUT2D eigenvalue weighted by Crippen LogP contribution is -2.65. The number of carbonyl (C=O) groups excluding carboxylic acids is 3. The van der Waals surface area contributed by atoms with Crippen LogP contribution in [0.1, 0.15) is 20.3 Å². The van der Waals surface area contributed by atoms with Crippen LogP contribution in [0.15, 0.2) is 0 Å². The number of imide groups is 1. The van der Waals surface area contributed by atoms with Crippen LogP contribution in [0.25, 0.3) is 0 Å². The van der Waals surface area contributed by atoms with E-state index in [0.717, 1.165) is 4.90 Å². The van der Waals surface area contributed by atoms with Crippen molar-refractivity contribution in [3.05, 3.63) is 0 Å². The van der Waals surface area contributed by atoms with Crippen LogP contribution in [-0.2, 0) is 28.5 Å². The number of methoxy groups -OCH3 is 2. The molecule has 1 saturated carbocycles. The standard InChI is InChI=1S/C14H21NO7/c1-8(2)22-12(17)9-7-14(19-3,20-4)10(9)11(16)15-5-6-21-13(15)18/h8-10H,5-7H2,1-4H3. The first-order valence-electron chi connectivity index (χ1n) is 7.15. The zero-order valence-electron chi connectivity index (χ0n) is 13.2. The molecule has 124 valence electrons. The van der Waals surface area contributed by atoms with Gasteiger partial charge >= 0.3 is 12.1 Å². The van der Waals surface area contributed by atoms with E-state index in [0.29, 0.717) is 0 Å². The van der Waals surface area contributed by atoms with E-state index >= 15 is 0 Å². The Morgan fingerprint density at radius 2 is 1.95 bits per heavy atom. The van der Waals surface area contributed by atoms with Gasteiger partial charge in [0.05, 0.1) is 18.6 Å². The molecule has 1 aliphatic carbocycles. The third kappa shape index (κ3) is 2.68. The lowest BCUT2D eigenvalue weighted by Gasteiger charge is -2.50. The van der Waals surface area contributed by atoms with Crippen molar-refractivity contribution in [1.82, 2.24) is 4.90 Å². The second kappa shape index (κ2) is 6.21. The van der Waals surface area contributed by atoms with Crippen molar-refractivity contribution in [3.63, 3.8) is 0 Å². The molecule has 2 fully saturated rings. The zero-order chi connectivity index (χ0) is 16.5. The van der Waals surface area contributed by atoms with Gasteiger partial charge < -0.3 is 18.9 Å². The Morgan fingerprint density at radius 1 is 1.32 bits per heavy atom. The van der Waals surface area contributed by atoms with Gasteiger partial charge in [0.15, 0.2) is 5.79 Å². The Balaban J connectivity index is 2.21. The highest BCUT2D eigenvalue weighted by Gasteiger charge is 2.64. The number of carbonyl (C=O) groups is 3. The minimum absolute atomic E-state index is 0.144. The zero-order valence-corrected chi connectivity index (χ0v) is 13.2. The summed E-state index contributed by atoms with van der Waals surface area (Å²) in [6.45, 7) is 3.76. The Morgan fingerprint density at radius 3 is 2.41 bits per heavy atom. The number of hydrogen-bond acceptors (Lipinski definition) is 7. The SMILES string of the molecule is COC1(OC)CC(C(=O)OC(C)C)C1C(=O)N1CCOC1=O. The monoisotopic (exact) mass is 315 g/mol. The fraction of sp³-hybridized carbons (Fsp3) is 0.786. The largest absolute Gasteiger partial charge is 0.463 e. The molecule has 0 aromatic carbocycles. The summed E-state index contributed by atoms with van der Waals surface area (Å²) >= 11 is 0. The summed E-state index contributed by atoms with van der Waals surface area (Å²) in [5, 5.41) is 0. The van der Waals surface area contributed by atoms with Gasteiger partial charge in [-0.3, -0.25) is 9.59 Å². The molecule has 8 nitrogen and oxygen atoms in total. The third-order valence-electron chi connectivity index (χ3n) is 4.02. The van der Waals surface area contributed by atoms with E-state index in [1.807, 2.05) is 0 Å². The molecule has 0 radical (unpaired) electrons. The maximum atomic E-state index is 12.6. The predicted octanol–water partition coefficient (Wildman–Crippen LogP) is 0.542. The van der Waals surface area contributed by atoms with Gasteiger partial charge in [0, 0.05) is 20.6 Å². The molecule has 2 aliphatic rings. The number of cyclic esters (lactones) is 1. The average molecular weight is 315 g/mol. The molecular formula is C14H21NO7. The summed E-state index contributed by atoms with van der Waals surface area (Å²) in [4.78, 5) is 37.3. The quantitative estimate of drug-likeness (QED) is 0.540. The molecule has 22 heavy (non-hydrogen) atoms. The molecule has 1 aliphatic heterocycles. The summed E-state index contributed by atoms with van der Waals surface area (Å²) in [7, 11) is 2.80. The Labute approximate surface area is 128 Å². The van der Waals surface area contributed by atoms with Crippen LogP contribution in [0.3, 0.4) is 0 Å². The number of esters is 1. The topological polar surface area (TPSA) is 91.4 Å². The fourth-order valence-corrected chi connectivity index (χ4v) is 2.86. The number of rotatable bonds is 5. The first kappa shape index (κ1) is 16.7. The van der Waals surface area contributed by atoms with Crippen molar-refractivity contribution in [2.75, 3.05) is 27.4 Å². The van der Waals surface area contributed by atoms with Gasteiger partial charge in [-0.05, 0) is 13.8 Å². The minimum atomic E-state index is -1.22. The van der Waals surface area contributed by atoms with Crippen molar-refractivity contribution in [1.29, 1.82) is 0 Å². The number of hydrogen-bond donors (Lipinski definition) is 0. The summed E-state index contributed by atoms with van der Waals surface area (Å²) in [5.74, 6) is -3.89. The molecule has 2 atom stereocenters. The summed E-state index contributed by atoms with van der Waals surface area (Å²) < 4.78 is 20.6. The van der Waals surface area contributed by atoms with Gasteiger partial charge in [-0.15, -0.1) is 0 Å². The van der Waals surface area contributed by atoms with E-state index in [4.69, 9.17) is 18.9 Å². The van der Waals surface area contributed by atoms with Crippen LogP contribution in [0.5, 0.6) is 0 Å². The first-order chi connectivity index (χ1) is 10.4. The van der Waals surface area contributed by atoms with Gasteiger partial charge in [0.25, 0.3) is 0 Å². The van der Waals surface area contributed by atoms with E-state index in [1.54, 1.807) is 13.8 Å². The first-order valence-corrected chi connectivity index (χ1v) is 7.15. The highest BCUT2D eigenvalue weighted by atomic mass is 16.7. The lowest BCUT2D eigenvalue weighted by molar-refractivity contribution is -0.302. The van der Waals surface area contributed by atoms with E-state index in [1.165, 1.54) is 14.2 Å². The second-order valence-corrected chi connectivity index (χ2v) is 5.60. The number of nitrogens with zero attached hydrogens (tertiary/aromatic N) is 1. The van der Waals surface area contributed by atoms with E-state index < -0.39 is 35.6 Å². The van der Waals surface area contributed by atoms with Crippen LogP contribution in [0.2, 0.25) is 0 Å². The Bertz CT molecular complexity index is 472. The van der Waals surface area contributed by atoms with Gasteiger partial charge in [0.1, 0.15) is 12.5 Å². The van der Waals surface area contributed by atoms with Crippen LogP contribution in [0.4, 0.5) is 4.79 Å². The van der Waals surface area contributed by atoms with Gasteiger partial charge in [-0.2, -0.15) is 0 Å². The fourth-order valence-electron chi connectivity index (χ4n) is 2.86. The summed E-state index contributed by atoms with van der Waals surface area (Å²) in [5.41, 5.74) is 0. The van der Waals surface area contributed by atoms with E-state index in [-0.39, 0.29) is 25.7 Å². The average Bonchev–Trinajstić information content (AvgIpc) is 2.84. The molecule has 0 aromatic heterocycles. The molecule has 8 heteroatoms. The second-order valence-electron chi connectivity index (χ2n) is 5.60. The van der Waals surface area contributed by atoms with Crippen molar-refractivity contribution in [2.24, 2.45) is 11.8 Å². The van der Waals surface area contributed by atoms with Crippen LogP contribution in [0, 0.1) is 11.8 Å². The Kier molecular flexibility index (Phi) is 4.72. The highest BCUT2D eigenvalue weighted by molar-refractivity contribution is 5.97. The van der Waals surface area contributed by atoms with Crippen LogP contribution in [-0.4, -0.2) is 62.1 Å². The maximum absolute atomic E-state index is 12.6. The van der Waals surface area contributed by atoms with Gasteiger partial charge in [0.2, 0.25) is 5.91 Å². The molecule has 0 bridgehead atoms. The normalized spacial score (nSPS) is 26.6. The predicted molar refractivity (Wildman–Crippen MR) is 72.6 cm³/mol. The summed E-state index contributed by atoms with van der Waals surface area (Å²) in [6, 6.07) is 0. The van der Waals surface area contributed by atoms with Gasteiger partial charge in [-0.25, -0.2) is 9.69 Å². The molecule has 2 unspecified atom stereocenters. The molecule has 1 saturated heterocycles. The van der Waals surface area contributed by atoms with Gasteiger partial charge in [-0.1, -0.05) is 0 Å². The van der Waals surface area contributed by atoms with Crippen LogP contribution >= 0.6 is 0 Å². The minimum Gasteiger partial charge on any atom is -0.463 e.